The fraction of sp³-hybridized carbons (Fsp3) is 0.294. The molecule has 8 rings (SSSR count). The van der Waals surface area contributed by atoms with Gasteiger partial charge in [-0.2, -0.15) is 0 Å². The van der Waals surface area contributed by atoms with Crippen molar-refractivity contribution >= 4 is 68.1 Å². The highest BCUT2D eigenvalue weighted by molar-refractivity contribution is 9.10. The molecule has 3 heterocycles. The van der Waals surface area contributed by atoms with Gasteiger partial charge < -0.3 is 15.0 Å². The van der Waals surface area contributed by atoms with Crippen LogP contribution in [0.15, 0.2) is 87.1 Å². The number of ether oxygens (including phenoxy) is 1. The number of imide groups is 1. The molecular weight excluding hydrogens is 674 g/mol. The van der Waals surface area contributed by atoms with Crippen molar-refractivity contribution in [1.82, 2.24) is 4.98 Å². The fourth-order valence-corrected chi connectivity index (χ4v) is 11.3. The largest absolute Gasteiger partial charge is 0.483 e. The van der Waals surface area contributed by atoms with E-state index in [4.69, 9.17) is 4.74 Å². The zero-order chi connectivity index (χ0) is 31.0. The number of benzene rings is 3. The zero-order valence-corrected chi connectivity index (χ0v) is 27.3. The lowest BCUT2D eigenvalue weighted by Gasteiger charge is -2.43. The number of aromatic nitrogens is 1. The SMILES string of the molecule is Cc1ccc(N2C(=O)[C@H]3[C@H]4C[C@@H]([C@@H]3C2=O)[C@@H]2[C@H](c3cc(Br)ccc3OCC(=O)Nc3ccccc3)c3sc(=O)[nH]c3S[C@H]42)cc1. The van der Waals surface area contributed by atoms with E-state index in [1.807, 2.05) is 79.7 Å². The third kappa shape index (κ3) is 4.70. The number of anilines is 2. The predicted octanol–water partition coefficient (Wildman–Crippen LogP) is 6.20. The molecule has 2 N–H and O–H groups in total. The molecule has 0 radical (unpaired) electrons. The number of halogens is 1. The highest BCUT2D eigenvalue weighted by atomic mass is 79.9. The lowest BCUT2D eigenvalue weighted by atomic mass is 9.68. The van der Waals surface area contributed by atoms with Crippen molar-refractivity contribution in [3.63, 3.8) is 0 Å². The first-order chi connectivity index (χ1) is 21.8. The summed E-state index contributed by atoms with van der Waals surface area (Å²) in [5, 5.41) is 3.72. The van der Waals surface area contributed by atoms with Crippen LogP contribution in [0.5, 0.6) is 5.75 Å². The normalized spacial score (nSPS) is 27.7. The molecule has 2 aliphatic heterocycles. The van der Waals surface area contributed by atoms with Crippen molar-refractivity contribution < 1.29 is 19.1 Å². The highest BCUT2D eigenvalue weighted by Crippen LogP contribution is 2.69. The summed E-state index contributed by atoms with van der Waals surface area (Å²) in [7, 11) is 0. The van der Waals surface area contributed by atoms with E-state index >= 15 is 0 Å². The van der Waals surface area contributed by atoms with Crippen LogP contribution in [-0.4, -0.2) is 34.6 Å². The van der Waals surface area contributed by atoms with Gasteiger partial charge in [-0.25, -0.2) is 0 Å². The number of carbonyl (C=O) groups is 3. The molecule has 0 unspecified atom stereocenters. The third-order valence-corrected chi connectivity index (χ3v) is 12.8. The first-order valence-electron chi connectivity index (χ1n) is 14.9. The molecule has 45 heavy (non-hydrogen) atoms. The average Bonchev–Trinajstić information content (AvgIpc) is 3.76. The molecule has 4 aliphatic rings. The van der Waals surface area contributed by atoms with Crippen LogP contribution < -0.4 is 19.8 Å². The van der Waals surface area contributed by atoms with Crippen LogP contribution in [0, 0.1) is 36.5 Å². The lowest BCUT2D eigenvalue weighted by Crippen LogP contribution is -2.42. The Kier molecular flexibility index (Phi) is 7.03. The number of aryl methyl sites for hydroxylation is 1. The fourth-order valence-electron chi connectivity index (χ4n) is 8.07. The summed E-state index contributed by atoms with van der Waals surface area (Å²) >= 11 is 6.47. The molecule has 2 aliphatic carbocycles. The number of H-pyrrole nitrogens is 1. The van der Waals surface area contributed by atoms with Gasteiger partial charge in [-0.05, 0) is 73.6 Å². The van der Waals surface area contributed by atoms with Crippen LogP contribution in [0.1, 0.15) is 28.3 Å². The number of carbonyl (C=O) groups excluding carboxylic acids is 3. The van der Waals surface area contributed by atoms with E-state index in [1.54, 1.807) is 11.8 Å². The molecule has 7 atom stereocenters. The summed E-state index contributed by atoms with van der Waals surface area (Å²) < 4.78 is 7.03. The van der Waals surface area contributed by atoms with Gasteiger partial charge in [0.1, 0.15) is 5.75 Å². The maximum atomic E-state index is 14.1. The van der Waals surface area contributed by atoms with Gasteiger partial charge in [0.25, 0.3) is 5.91 Å². The molecule has 2 bridgehead atoms. The Morgan fingerprint density at radius 3 is 2.49 bits per heavy atom. The minimum Gasteiger partial charge on any atom is -0.483 e. The average molecular weight is 703 g/mol. The topological polar surface area (TPSA) is 109 Å². The number of thioether (sulfide) groups is 1. The number of hydrogen-bond acceptors (Lipinski definition) is 7. The summed E-state index contributed by atoms with van der Waals surface area (Å²) in [6.07, 6.45) is 0.788. The first-order valence-corrected chi connectivity index (χ1v) is 17.4. The van der Waals surface area contributed by atoms with Gasteiger partial charge in [-0.15, -0.1) is 11.8 Å². The molecule has 2 saturated carbocycles. The van der Waals surface area contributed by atoms with Crippen LogP contribution in [-0.2, 0) is 14.4 Å². The summed E-state index contributed by atoms with van der Waals surface area (Å²) in [6.45, 7) is 1.79. The van der Waals surface area contributed by atoms with Gasteiger partial charge in [0.2, 0.25) is 11.8 Å². The van der Waals surface area contributed by atoms with Crippen molar-refractivity contribution in [3.8, 4) is 5.75 Å². The first kappa shape index (κ1) is 28.8. The van der Waals surface area contributed by atoms with Gasteiger partial charge >= 0.3 is 4.87 Å². The number of nitrogens with zero attached hydrogens (tertiary/aromatic N) is 1. The van der Waals surface area contributed by atoms with Crippen molar-refractivity contribution in [3.05, 3.63) is 103 Å². The minimum atomic E-state index is -0.404. The second kappa shape index (κ2) is 11.0. The molecular formula is C34H28BrN3O5S2. The number of rotatable bonds is 6. The summed E-state index contributed by atoms with van der Waals surface area (Å²) in [6, 6.07) is 22.5. The summed E-state index contributed by atoms with van der Waals surface area (Å²) in [4.78, 5) is 58.7. The summed E-state index contributed by atoms with van der Waals surface area (Å²) in [5.74, 6) is -1.01. The predicted molar refractivity (Wildman–Crippen MR) is 177 cm³/mol. The molecule has 1 saturated heterocycles. The number of aromatic amines is 1. The van der Waals surface area contributed by atoms with Gasteiger partial charge in [0.05, 0.1) is 22.5 Å². The number of hydrogen-bond donors (Lipinski definition) is 2. The molecule has 0 spiro atoms. The number of fused-ring (bicyclic) bond motifs is 9. The Bertz CT molecular complexity index is 1910. The third-order valence-electron chi connectivity index (χ3n) is 9.74. The van der Waals surface area contributed by atoms with Gasteiger partial charge in [-0.3, -0.25) is 24.1 Å². The van der Waals surface area contributed by atoms with Crippen molar-refractivity contribution in [1.29, 1.82) is 0 Å². The second-order valence-electron chi connectivity index (χ2n) is 12.2. The maximum Gasteiger partial charge on any atom is 0.305 e. The molecule has 1 aromatic heterocycles. The van der Waals surface area contributed by atoms with E-state index in [-0.39, 0.29) is 64.0 Å². The van der Waals surface area contributed by atoms with E-state index in [1.165, 1.54) is 16.2 Å². The summed E-state index contributed by atoms with van der Waals surface area (Å²) in [5.41, 5.74) is 3.23. The van der Waals surface area contributed by atoms with Gasteiger partial charge in [0.15, 0.2) is 6.61 Å². The highest BCUT2D eigenvalue weighted by Gasteiger charge is 2.69. The number of para-hydroxylation sites is 1. The van der Waals surface area contributed by atoms with E-state index in [9.17, 15) is 19.2 Å². The molecule has 3 aromatic carbocycles. The van der Waals surface area contributed by atoms with Crippen LogP contribution in [0.25, 0.3) is 0 Å². The Labute approximate surface area is 275 Å². The second-order valence-corrected chi connectivity index (χ2v) is 15.3. The standard InChI is InChI=1S/C34H28BrN3O5S2/c1-16-7-10-19(11-8-16)38-32(40)27-21-14-22(28(27)33(38)41)29-26(21)25(30-31(44-29)37-34(42)45-30)20-13-17(35)9-12-23(20)43-15-24(39)36-18-5-3-2-4-6-18/h2-13,21-22,25-29H,14-15H2,1H3,(H,36,39)(H,37,42)/t21-,22-,25+,26-,27+,28+,29-/m1/s1. The monoisotopic (exact) mass is 701 g/mol. The molecule has 8 nitrogen and oxygen atoms in total. The van der Waals surface area contributed by atoms with Crippen molar-refractivity contribution in [2.45, 2.75) is 29.5 Å². The quantitative estimate of drug-likeness (QED) is 0.232. The van der Waals surface area contributed by atoms with E-state index in [0.29, 0.717) is 17.1 Å². The minimum absolute atomic E-state index is 0.00436. The molecule has 4 aromatic rings. The van der Waals surface area contributed by atoms with Gasteiger partial charge in [0, 0.05) is 31.8 Å². The Balaban J connectivity index is 1.15. The zero-order valence-electron chi connectivity index (χ0n) is 24.1. The van der Waals surface area contributed by atoms with Crippen molar-refractivity contribution in [2.24, 2.45) is 29.6 Å². The Hall–Kier alpha value is -3.67. The molecule has 3 amide bonds. The number of nitrogens with one attached hydrogen (secondary N) is 2. The number of thiazole rings is 1. The van der Waals surface area contributed by atoms with Crippen LogP contribution in [0.2, 0.25) is 0 Å². The van der Waals surface area contributed by atoms with E-state index < -0.39 is 5.92 Å². The molecule has 3 fully saturated rings. The smallest absolute Gasteiger partial charge is 0.305 e. The van der Waals surface area contributed by atoms with E-state index in [2.05, 4.69) is 26.2 Å². The Morgan fingerprint density at radius 1 is 1.00 bits per heavy atom. The van der Waals surface area contributed by atoms with Gasteiger partial charge in [-0.1, -0.05) is 63.2 Å². The van der Waals surface area contributed by atoms with Crippen molar-refractivity contribution in [2.75, 3.05) is 16.8 Å². The van der Waals surface area contributed by atoms with Crippen LogP contribution in [0.3, 0.4) is 0 Å². The molecule has 228 valence electrons. The van der Waals surface area contributed by atoms with Crippen LogP contribution in [0.4, 0.5) is 11.4 Å². The lowest BCUT2D eigenvalue weighted by molar-refractivity contribution is -0.123. The maximum absolute atomic E-state index is 14.1. The number of amides is 3. The van der Waals surface area contributed by atoms with Crippen LogP contribution >= 0.6 is 39.0 Å². The molecule has 11 heteroatoms. The Morgan fingerprint density at radius 2 is 1.73 bits per heavy atom. The van der Waals surface area contributed by atoms with E-state index in [0.717, 1.165) is 31.9 Å².